The molecule has 1 aromatic heterocycles. The Balaban J connectivity index is 1.42. The SMILES string of the molecule is NC(=O)c1nc2ccccc2c(=O)n1C1CC2(OC1=O)c1ccccc1N1C(=O)C3(CC3)NC12. The molecule has 7 rings (SSSR count). The van der Waals surface area contributed by atoms with Crippen LogP contribution in [0.15, 0.2) is 53.3 Å². The molecule has 34 heavy (non-hydrogen) atoms. The van der Waals surface area contributed by atoms with E-state index in [1.165, 1.54) is 0 Å². The van der Waals surface area contributed by atoms with Gasteiger partial charge in [0, 0.05) is 12.0 Å². The van der Waals surface area contributed by atoms with Crippen LogP contribution in [0.2, 0.25) is 0 Å². The van der Waals surface area contributed by atoms with Crippen LogP contribution in [0, 0.1) is 0 Å². The number of amides is 2. The van der Waals surface area contributed by atoms with Crippen LogP contribution in [0.1, 0.15) is 41.5 Å². The van der Waals surface area contributed by atoms with Crippen LogP contribution >= 0.6 is 0 Å². The van der Waals surface area contributed by atoms with Gasteiger partial charge in [-0.2, -0.15) is 0 Å². The average molecular weight is 457 g/mol. The minimum absolute atomic E-state index is 0.0383. The summed E-state index contributed by atoms with van der Waals surface area (Å²) < 4.78 is 7.11. The third-order valence-corrected chi connectivity index (χ3v) is 7.50. The molecule has 0 bridgehead atoms. The lowest BCUT2D eigenvalue weighted by Gasteiger charge is -2.30. The topological polar surface area (TPSA) is 137 Å². The highest BCUT2D eigenvalue weighted by atomic mass is 16.6. The molecule has 3 unspecified atom stereocenters. The van der Waals surface area contributed by atoms with Crippen molar-refractivity contribution in [3.05, 3.63) is 70.3 Å². The Labute approximate surface area is 192 Å². The third-order valence-electron chi connectivity index (χ3n) is 7.50. The Morgan fingerprint density at radius 2 is 1.82 bits per heavy atom. The Kier molecular flexibility index (Phi) is 3.48. The number of nitrogens with two attached hydrogens (primary N) is 1. The van der Waals surface area contributed by atoms with Crippen molar-refractivity contribution in [2.75, 3.05) is 4.90 Å². The van der Waals surface area contributed by atoms with Gasteiger partial charge in [0.25, 0.3) is 11.5 Å². The number of hydrogen-bond donors (Lipinski definition) is 2. The summed E-state index contributed by atoms with van der Waals surface area (Å²) in [5.74, 6) is -1.94. The van der Waals surface area contributed by atoms with Crippen LogP contribution in [-0.4, -0.2) is 39.0 Å². The van der Waals surface area contributed by atoms with Gasteiger partial charge < -0.3 is 10.5 Å². The van der Waals surface area contributed by atoms with Gasteiger partial charge in [-0.25, -0.2) is 9.78 Å². The molecule has 10 nitrogen and oxygen atoms in total. The number of ether oxygens (including phenoxy) is 1. The molecule has 4 aliphatic rings. The quantitative estimate of drug-likeness (QED) is 0.540. The summed E-state index contributed by atoms with van der Waals surface area (Å²) in [6, 6.07) is 12.8. The van der Waals surface area contributed by atoms with Crippen molar-refractivity contribution in [2.24, 2.45) is 5.73 Å². The smallest absolute Gasteiger partial charge is 0.330 e. The monoisotopic (exact) mass is 457 g/mol. The molecule has 10 heteroatoms. The van der Waals surface area contributed by atoms with E-state index in [2.05, 4.69) is 10.3 Å². The first kappa shape index (κ1) is 19.4. The van der Waals surface area contributed by atoms with Crippen LogP contribution in [0.5, 0.6) is 0 Å². The first-order valence-electron chi connectivity index (χ1n) is 11.1. The molecule has 3 aliphatic heterocycles. The van der Waals surface area contributed by atoms with Crippen LogP contribution in [0.3, 0.4) is 0 Å². The number of aromatic nitrogens is 2. The minimum atomic E-state index is -1.21. The van der Waals surface area contributed by atoms with Crippen LogP contribution < -0.4 is 21.5 Å². The number of fused-ring (bicyclic) bond motifs is 6. The zero-order chi connectivity index (χ0) is 23.4. The van der Waals surface area contributed by atoms with E-state index in [9.17, 15) is 19.2 Å². The maximum atomic E-state index is 13.5. The number of benzene rings is 2. The predicted octanol–water partition coefficient (Wildman–Crippen LogP) is 0.687. The number of carbonyl (C=O) groups is 3. The second-order valence-electron chi connectivity index (χ2n) is 9.34. The Morgan fingerprint density at radius 1 is 1.09 bits per heavy atom. The number of primary amides is 1. The van der Waals surface area contributed by atoms with Crippen molar-refractivity contribution in [1.82, 2.24) is 14.9 Å². The van der Waals surface area contributed by atoms with Crippen molar-refractivity contribution in [2.45, 2.75) is 42.6 Å². The summed E-state index contributed by atoms with van der Waals surface area (Å²) in [6.45, 7) is 0. The van der Waals surface area contributed by atoms with E-state index >= 15 is 0 Å². The summed E-state index contributed by atoms with van der Waals surface area (Å²) in [5, 5.41) is 3.68. The number of hydrogen-bond acceptors (Lipinski definition) is 7. The zero-order valence-corrected chi connectivity index (χ0v) is 17.9. The summed E-state index contributed by atoms with van der Waals surface area (Å²) in [6.07, 6.45) is 0.874. The molecule has 1 aliphatic carbocycles. The van der Waals surface area contributed by atoms with Gasteiger partial charge in [0.05, 0.1) is 16.6 Å². The maximum absolute atomic E-state index is 13.5. The Morgan fingerprint density at radius 3 is 2.59 bits per heavy atom. The van der Waals surface area contributed by atoms with E-state index in [1.807, 2.05) is 24.3 Å². The lowest BCUT2D eigenvalue weighted by atomic mass is 9.88. The van der Waals surface area contributed by atoms with Crippen LogP contribution in [-0.2, 0) is 19.9 Å². The molecule has 0 radical (unpaired) electrons. The highest BCUT2D eigenvalue weighted by molar-refractivity contribution is 6.07. The fourth-order valence-electron chi connectivity index (χ4n) is 5.78. The molecule has 3 aromatic rings. The summed E-state index contributed by atoms with van der Waals surface area (Å²) >= 11 is 0. The van der Waals surface area contributed by atoms with Gasteiger partial charge in [-0.3, -0.25) is 29.2 Å². The van der Waals surface area contributed by atoms with Gasteiger partial charge in [0.1, 0.15) is 17.7 Å². The normalized spacial score (nSPS) is 27.9. The lowest BCUT2D eigenvalue weighted by molar-refractivity contribution is -0.152. The van der Waals surface area contributed by atoms with Crippen molar-refractivity contribution in [3.8, 4) is 0 Å². The molecule has 3 fully saturated rings. The average Bonchev–Trinajstić information content (AvgIpc) is 3.37. The molecule has 2 aromatic carbocycles. The van der Waals surface area contributed by atoms with Crippen molar-refractivity contribution in [3.63, 3.8) is 0 Å². The lowest BCUT2D eigenvalue weighted by Crippen LogP contribution is -2.49. The van der Waals surface area contributed by atoms with Crippen LogP contribution in [0.4, 0.5) is 5.69 Å². The van der Waals surface area contributed by atoms with Gasteiger partial charge in [-0.15, -0.1) is 0 Å². The Bertz CT molecular complexity index is 1530. The van der Waals surface area contributed by atoms with E-state index < -0.39 is 40.8 Å². The predicted molar refractivity (Wildman–Crippen MR) is 119 cm³/mol. The first-order chi connectivity index (χ1) is 16.4. The van der Waals surface area contributed by atoms with E-state index in [1.54, 1.807) is 29.2 Å². The van der Waals surface area contributed by atoms with Gasteiger partial charge in [0.15, 0.2) is 5.60 Å². The molecule has 2 saturated heterocycles. The molecule has 3 atom stereocenters. The zero-order valence-electron chi connectivity index (χ0n) is 17.9. The fourth-order valence-corrected chi connectivity index (χ4v) is 5.78. The number of nitrogens with one attached hydrogen (secondary N) is 1. The standard InChI is InChI=1S/C24H19N5O5/c25-17(30)18-26-14-7-3-1-5-12(14)19(31)28(18)16-11-24(34-20(16)32)13-6-2-4-8-15(13)29-21(24)27-23(9-10-23)22(29)33/h1-8,16,21,27H,9-11H2,(H2,25,30). The van der Waals surface area contributed by atoms with Gasteiger partial charge >= 0.3 is 5.97 Å². The van der Waals surface area contributed by atoms with Gasteiger partial charge in [0.2, 0.25) is 11.7 Å². The number of para-hydroxylation sites is 2. The summed E-state index contributed by atoms with van der Waals surface area (Å²) in [5.41, 5.74) is 4.88. The number of nitrogens with zero attached hydrogens (tertiary/aromatic N) is 3. The van der Waals surface area contributed by atoms with E-state index in [4.69, 9.17) is 10.5 Å². The molecular weight excluding hydrogens is 438 g/mol. The molecule has 2 spiro atoms. The second-order valence-corrected chi connectivity index (χ2v) is 9.34. The number of carbonyl (C=O) groups excluding carboxylic acids is 3. The molecule has 4 heterocycles. The molecule has 170 valence electrons. The third kappa shape index (κ3) is 2.21. The van der Waals surface area contributed by atoms with Crippen molar-refractivity contribution in [1.29, 1.82) is 0 Å². The van der Waals surface area contributed by atoms with E-state index in [0.29, 0.717) is 29.6 Å². The molecule has 3 N–H and O–H groups in total. The fraction of sp³-hybridized carbons (Fsp3) is 0.292. The molecular formula is C24H19N5O5. The number of rotatable bonds is 2. The van der Waals surface area contributed by atoms with E-state index in [0.717, 1.165) is 4.57 Å². The van der Waals surface area contributed by atoms with Gasteiger partial charge in [-0.05, 0) is 31.0 Å². The highest BCUT2D eigenvalue weighted by Crippen LogP contribution is 2.58. The largest absolute Gasteiger partial charge is 0.449 e. The summed E-state index contributed by atoms with van der Waals surface area (Å²) in [4.78, 5) is 58.3. The van der Waals surface area contributed by atoms with E-state index in [-0.39, 0.29) is 23.5 Å². The number of anilines is 1. The molecule has 2 amide bonds. The van der Waals surface area contributed by atoms with Gasteiger partial charge in [-0.1, -0.05) is 30.3 Å². The van der Waals surface area contributed by atoms with Crippen LogP contribution in [0.25, 0.3) is 10.9 Å². The Hall–Kier alpha value is -4.05. The van der Waals surface area contributed by atoms with Crippen molar-refractivity contribution >= 4 is 34.4 Å². The summed E-state index contributed by atoms with van der Waals surface area (Å²) in [7, 11) is 0. The first-order valence-corrected chi connectivity index (χ1v) is 11.1. The number of esters is 1. The molecule has 1 saturated carbocycles. The minimum Gasteiger partial charge on any atom is -0.449 e. The van der Waals surface area contributed by atoms with Crippen molar-refractivity contribution < 1.29 is 19.1 Å². The highest BCUT2D eigenvalue weighted by Gasteiger charge is 2.71. The maximum Gasteiger partial charge on any atom is 0.330 e. The second kappa shape index (κ2) is 6.09.